The van der Waals surface area contributed by atoms with E-state index in [1.54, 1.807) is 13.2 Å². The normalized spacial score (nSPS) is 22.4. The summed E-state index contributed by atoms with van der Waals surface area (Å²) in [6.07, 6.45) is 1.62. The number of hydrogen-bond acceptors (Lipinski definition) is 6. The molecule has 0 aliphatic carbocycles. The van der Waals surface area contributed by atoms with E-state index in [1.165, 1.54) is 8.61 Å². The van der Waals surface area contributed by atoms with Crippen LogP contribution in [0.1, 0.15) is 5.69 Å². The Hall–Kier alpha value is -0.410. The lowest BCUT2D eigenvalue weighted by molar-refractivity contribution is 0.415. The minimum atomic E-state index is -2.92. The predicted molar refractivity (Wildman–Crippen MR) is 67.3 cm³/mol. The van der Waals surface area contributed by atoms with E-state index in [0.717, 1.165) is 10.2 Å². The largest absolute Gasteiger partial charge is 0.268 e. The van der Waals surface area contributed by atoms with Gasteiger partial charge in [-0.05, 0) is 33.8 Å². The molecule has 2 N–H and O–H groups in total. The number of hydrogen-bond donors (Lipinski definition) is 2. The fraction of sp³-hybridized carbons (Fsp3) is 0.500. The Balaban J connectivity index is 2.35. The SMILES string of the molecule is Cc1nc(N2CCN(C)S2(O)O)ncc1Br. The summed E-state index contributed by atoms with van der Waals surface area (Å²) >= 11 is 3.31. The summed E-state index contributed by atoms with van der Waals surface area (Å²) in [5.74, 6) is 0.352. The molecule has 0 amide bonds. The van der Waals surface area contributed by atoms with E-state index in [4.69, 9.17) is 0 Å². The van der Waals surface area contributed by atoms with Gasteiger partial charge in [-0.1, -0.05) is 0 Å². The van der Waals surface area contributed by atoms with Gasteiger partial charge in [-0.25, -0.2) is 14.3 Å². The molecule has 1 aliphatic rings. The molecular weight excluding hydrogens is 296 g/mol. The lowest BCUT2D eigenvalue weighted by Gasteiger charge is -2.39. The standard InChI is InChI=1S/C8H13BrN4O2S/c1-6-7(9)5-10-8(11-6)13-4-3-12(2)16(13,14)15/h5,14-15H,3-4H2,1-2H3. The highest BCUT2D eigenvalue weighted by atomic mass is 79.9. The van der Waals surface area contributed by atoms with Crippen LogP contribution in [0.3, 0.4) is 0 Å². The Bertz CT molecular complexity index is 417. The van der Waals surface area contributed by atoms with Crippen LogP contribution in [0, 0.1) is 6.92 Å². The van der Waals surface area contributed by atoms with E-state index < -0.39 is 11.0 Å². The van der Waals surface area contributed by atoms with Crippen LogP contribution >= 0.6 is 26.9 Å². The highest BCUT2D eigenvalue weighted by Gasteiger charge is 2.36. The van der Waals surface area contributed by atoms with Crippen molar-refractivity contribution in [2.24, 2.45) is 0 Å². The van der Waals surface area contributed by atoms with Gasteiger partial charge in [0, 0.05) is 19.8 Å². The minimum absolute atomic E-state index is 0.352. The summed E-state index contributed by atoms with van der Waals surface area (Å²) in [4.78, 5) is 8.32. The van der Waals surface area contributed by atoms with Crippen LogP contribution in [-0.2, 0) is 0 Å². The molecule has 6 nitrogen and oxygen atoms in total. The summed E-state index contributed by atoms with van der Waals surface area (Å²) in [5, 5.41) is 0. The van der Waals surface area contributed by atoms with Crippen LogP contribution in [0.2, 0.25) is 0 Å². The van der Waals surface area contributed by atoms with Crippen LogP contribution < -0.4 is 4.31 Å². The lowest BCUT2D eigenvalue weighted by Crippen LogP contribution is -2.28. The predicted octanol–water partition coefficient (Wildman–Crippen LogP) is 1.88. The van der Waals surface area contributed by atoms with Crippen molar-refractivity contribution in [3.8, 4) is 0 Å². The molecule has 0 atom stereocenters. The second-order valence-corrected chi connectivity index (χ2v) is 6.45. The zero-order valence-corrected chi connectivity index (χ0v) is 11.4. The Morgan fingerprint density at radius 1 is 1.44 bits per heavy atom. The van der Waals surface area contributed by atoms with Gasteiger partial charge in [0.25, 0.3) is 0 Å². The van der Waals surface area contributed by atoms with E-state index >= 15 is 0 Å². The fourth-order valence-electron chi connectivity index (χ4n) is 1.41. The molecule has 2 heterocycles. The first-order valence-corrected chi connectivity index (χ1v) is 6.94. The fourth-order valence-corrected chi connectivity index (χ4v) is 2.90. The van der Waals surface area contributed by atoms with Crippen molar-refractivity contribution in [2.45, 2.75) is 6.92 Å². The van der Waals surface area contributed by atoms with Gasteiger partial charge in [-0.3, -0.25) is 9.11 Å². The van der Waals surface area contributed by atoms with E-state index in [-0.39, 0.29) is 0 Å². The molecule has 0 spiro atoms. The van der Waals surface area contributed by atoms with Crippen molar-refractivity contribution in [3.63, 3.8) is 0 Å². The van der Waals surface area contributed by atoms with Crippen molar-refractivity contribution in [1.29, 1.82) is 0 Å². The first-order valence-electron chi connectivity index (χ1n) is 4.69. The Morgan fingerprint density at radius 2 is 2.12 bits per heavy atom. The molecule has 0 aromatic carbocycles. The molecule has 0 unspecified atom stereocenters. The van der Waals surface area contributed by atoms with Crippen molar-refractivity contribution in [1.82, 2.24) is 14.3 Å². The first-order chi connectivity index (χ1) is 7.43. The zero-order valence-electron chi connectivity index (χ0n) is 8.96. The summed E-state index contributed by atoms with van der Waals surface area (Å²) < 4.78 is 23.6. The van der Waals surface area contributed by atoms with Crippen molar-refractivity contribution in [3.05, 3.63) is 16.4 Å². The highest BCUT2D eigenvalue weighted by molar-refractivity contribution is 9.10. The van der Waals surface area contributed by atoms with Crippen molar-refractivity contribution < 1.29 is 9.11 Å². The van der Waals surface area contributed by atoms with Gasteiger partial charge in [0.15, 0.2) is 0 Å². The maximum Gasteiger partial charge on any atom is 0.245 e. The molecule has 90 valence electrons. The molecule has 0 bridgehead atoms. The number of likely N-dealkylation sites (N-methyl/N-ethyl adjacent to an activating group) is 1. The summed E-state index contributed by atoms with van der Waals surface area (Å²) in [5.41, 5.74) is 0.773. The molecular formula is C8H13BrN4O2S. The molecule has 1 fully saturated rings. The third-order valence-electron chi connectivity index (χ3n) is 2.46. The molecule has 16 heavy (non-hydrogen) atoms. The summed E-state index contributed by atoms with van der Waals surface area (Å²) in [7, 11) is -1.25. The van der Waals surface area contributed by atoms with E-state index in [0.29, 0.717) is 19.0 Å². The second-order valence-electron chi connectivity index (χ2n) is 3.55. The monoisotopic (exact) mass is 308 g/mol. The quantitative estimate of drug-likeness (QED) is 0.825. The van der Waals surface area contributed by atoms with Crippen LogP contribution in [-0.4, -0.2) is 43.5 Å². The van der Waals surface area contributed by atoms with Gasteiger partial charge in [0.2, 0.25) is 5.95 Å². The number of rotatable bonds is 1. The molecule has 1 aliphatic heterocycles. The lowest BCUT2D eigenvalue weighted by atomic mass is 10.4. The minimum Gasteiger partial charge on any atom is -0.268 e. The third kappa shape index (κ3) is 1.91. The van der Waals surface area contributed by atoms with Gasteiger partial charge in [-0.2, -0.15) is 4.31 Å². The van der Waals surface area contributed by atoms with Crippen LogP contribution in [0.15, 0.2) is 10.7 Å². The molecule has 8 heteroatoms. The van der Waals surface area contributed by atoms with Crippen molar-refractivity contribution in [2.75, 3.05) is 24.4 Å². The van der Waals surface area contributed by atoms with Crippen LogP contribution in [0.25, 0.3) is 0 Å². The average Bonchev–Trinajstić information content (AvgIpc) is 2.47. The van der Waals surface area contributed by atoms with Crippen LogP contribution in [0.5, 0.6) is 0 Å². The zero-order chi connectivity index (χ0) is 11.9. The number of halogens is 1. The van der Waals surface area contributed by atoms with Gasteiger partial charge in [0.1, 0.15) is 0 Å². The molecule has 0 radical (unpaired) electrons. The Labute approximate surface area is 104 Å². The average molecular weight is 309 g/mol. The van der Waals surface area contributed by atoms with E-state index in [1.807, 2.05) is 6.92 Å². The topological polar surface area (TPSA) is 72.7 Å². The molecule has 0 saturated carbocycles. The Kier molecular flexibility index (Phi) is 3.10. The maximum atomic E-state index is 9.94. The number of aryl methyl sites for hydroxylation is 1. The smallest absolute Gasteiger partial charge is 0.245 e. The molecule has 1 aromatic rings. The molecule has 1 aromatic heterocycles. The maximum absolute atomic E-state index is 9.94. The number of nitrogens with zero attached hydrogens (tertiary/aromatic N) is 4. The molecule has 2 rings (SSSR count). The van der Waals surface area contributed by atoms with E-state index in [9.17, 15) is 9.11 Å². The van der Waals surface area contributed by atoms with Crippen molar-refractivity contribution >= 4 is 32.8 Å². The first kappa shape index (κ1) is 12.1. The highest BCUT2D eigenvalue weighted by Crippen LogP contribution is 2.51. The summed E-state index contributed by atoms with van der Waals surface area (Å²) in [6, 6.07) is 0. The van der Waals surface area contributed by atoms with Gasteiger partial charge in [0.05, 0.1) is 16.7 Å². The number of anilines is 1. The van der Waals surface area contributed by atoms with E-state index in [2.05, 4.69) is 25.9 Å². The Morgan fingerprint density at radius 3 is 2.62 bits per heavy atom. The molecule has 1 saturated heterocycles. The second kappa shape index (κ2) is 4.11. The third-order valence-corrected chi connectivity index (χ3v) is 5.20. The number of aromatic nitrogens is 2. The van der Waals surface area contributed by atoms with Gasteiger partial charge >= 0.3 is 0 Å². The summed E-state index contributed by atoms with van der Waals surface area (Å²) in [6.45, 7) is 2.93. The van der Waals surface area contributed by atoms with Gasteiger partial charge in [-0.15, -0.1) is 0 Å². The van der Waals surface area contributed by atoms with Gasteiger partial charge < -0.3 is 0 Å². The van der Waals surface area contributed by atoms with Crippen LogP contribution in [0.4, 0.5) is 5.95 Å².